The van der Waals surface area contributed by atoms with Crippen LogP contribution < -0.4 is 15.5 Å². The van der Waals surface area contributed by atoms with Crippen LogP contribution in [0.25, 0.3) is 11.4 Å². The second-order valence-electron chi connectivity index (χ2n) is 8.49. The highest BCUT2D eigenvalue weighted by atomic mass is 35.5. The number of nitrogens with one attached hydrogen (secondary N) is 2. The number of aromatic nitrogens is 2. The molecule has 1 amide bonds. The lowest BCUT2D eigenvalue weighted by atomic mass is 9.91. The summed E-state index contributed by atoms with van der Waals surface area (Å²) < 4.78 is 13.4. The van der Waals surface area contributed by atoms with E-state index in [0.717, 1.165) is 42.9 Å². The topological polar surface area (TPSA) is 70.2 Å². The lowest BCUT2D eigenvalue weighted by Gasteiger charge is -2.30. The number of carbonyl (C=O) groups is 1. The Bertz CT molecular complexity index is 1120. The first-order valence-corrected chi connectivity index (χ1v) is 11.4. The van der Waals surface area contributed by atoms with Crippen molar-refractivity contribution in [3.05, 3.63) is 71.0 Å². The van der Waals surface area contributed by atoms with Gasteiger partial charge in [-0.2, -0.15) is 0 Å². The summed E-state index contributed by atoms with van der Waals surface area (Å²) in [5, 5.41) is 6.55. The van der Waals surface area contributed by atoms with Gasteiger partial charge in [0.15, 0.2) is 5.82 Å². The van der Waals surface area contributed by atoms with Crippen LogP contribution in [-0.4, -0.2) is 42.1 Å². The molecule has 1 saturated carbocycles. The Hall–Kier alpha value is -2.90. The summed E-state index contributed by atoms with van der Waals surface area (Å²) in [5.74, 6) is 1.55. The van der Waals surface area contributed by atoms with Crippen molar-refractivity contribution in [1.29, 1.82) is 0 Å². The molecule has 6 nitrogen and oxygen atoms in total. The van der Waals surface area contributed by atoms with E-state index < -0.39 is 5.82 Å². The van der Waals surface area contributed by atoms with Crippen molar-refractivity contribution >= 4 is 41.6 Å². The highest BCUT2D eigenvalue weighted by Crippen LogP contribution is 2.26. The fourth-order valence-corrected chi connectivity index (χ4v) is 4.13. The number of carbonyl (C=O) groups excluding carboxylic acids is 1. The zero-order valence-electron chi connectivity index (χ0n) is 19.1. The van der Waals surface area contributed by atoms with Gasteiger partial charge in [-0.15, -0.1) is 12.4 Å². The molecule has 1 aliphatic carbocycles. The molecule has 1 aliphatic rings. The summed E-state index contributed by atoms with van der Waals surface area (Å²) in [5.41, 5.74) is 1.34. The minimum absolute atomic E-state index is 0. The van der Waals surface area contributed by atoms with Gasteiger partial charge < -0.3 is 15.5 Å². The first kappa shape index (κ1) is 25.7. The summed E-state index contributed by atoms with van der Waals surface area (Å²) in [7, 11) is 3.92. The van der Waals surface area contributed by atoms with Crippen LogP contribution in [0, 0.1) is 5.82 Å². The number of anilines is 2. The number of nitrogens with zero attached hydrogens (tertiary/aromatic N) is 3. The van der Waals surface area contributed by atoms with E-state index in [2.05, 4.69) is 15.6 Å². The largest absolute Gasteiger partial charge is 0.367 e. The summed E-state index contributed by atoms with van der Waals surface area (Å²) in [4.78, 5) is 23.9. The Morgan fingerprint density at radius 3 is 2.32 bits per heavy atom. The van der Waals surface area contributed by atoms with Crippen LogP contribution in [0.15, 0.2) is 54.6 Å². The van der Waals surface area contributed by atoms with Gasteiger partial charge in [0.25, 0.3) is 5.91 Å². The zero-order valence-corrected chi connectivity index (χ0v) is 20.7. The van der Waals surface area contributed by atoms with Gasteiger partial charge in [-0.05, 0) is 43.9 Å². The summed E-state index contributed by atoms with van der Waals surface area (Å²) in [6, 6.07) is 16.2. The second-order valence-corrected chi connectivity index (χ2v) is 8.90. The molecule has 9 heteroatoms. The Labute approximate surface area is 210 Å². The van der Waals surface area contributed by atoms with Crippen molar-refractivity contribution in [2.45, 2.75) is 37.8 Å². The number of benzene rings is 2. The molecule has 0 saturated heterocycles. The summed E-state index contributed by atoms with van der Waals surface area (Å²) >= 11 is 5.80. The van der Waals surface area contributed by atoms with E-state index in [9.17, 15) is 9.18 Å². The smallest absolute Gasteiger partial charge is 0.251 e. The van der Waals surface area contributed by atoms with Crippen molar-refractivity contribution in [1.82, 2.24) is 15.3 Å². The number of rotatable bonds is 6. The Kier molecular flexibility index (Phi) is 8.69. The van der Waals surface area contributed by atoms with E-state index in [4.69, 9.17) is 16.6 Å². The van der Waals surface area contributed by atoms with Crippen LogP contribution in [-0.2, 0) is 0 Å². The molecule has 1 fully saturated rings. The van der Waals surface area contributed by atoms with Crippen molar-refractivity contribution in [2.75, 3.05) is 24.3 Å². The molecule has 34 heavy (non-hydrogen) atoms. The molecule has 0 atom stereocenters. The SMILES string of the molecule is CN(C)c1cc(NC2CCC(NC(=O)c3ccc(F)c(Cl)c3)CC2)nc(-c2ccccc2)n1.Cl. The van der Waals surface area contributed by atoms with Crippen LogP contribution in [0.4, 0.5) is 16.0 Å². The predicted octanol–water partition coefficient (Wildman–Crippen LogP) is 5.58. The van der Waals surface area contributed by atoms with Gasteiger partial charge in [-0.3, -0.25) is 4.79 Å². The molecular formula is C25H28Cl2FN5O. The van der Waals surface area contributed by atoms with Gasteiger partial charge in [0.2, 0.25) is 0 Å². The Balaban J connectivity index is 0.00000324. The number of hydrogen-bond acceptors (Lipinski definition) is 5. The van der Waals surface area contributed by atoms with Gasteiger partial charge in [0, 0.05) is 43.4 Å². The molecule has 2 N–H and O–H groups in total. The normalized spacial score (nSPS) is 17.4. The molecular weight excluding hydrogens is 476 g/mol. The molecule has 2 aromatic carbocycles. The molecule has 1 aromatic heterocycles. The standard InChI is InChI=1S/C25H27ClFN5O.ClH/c1-32(2)23-15-22(30-24(31-23)16-6-4-3-5-7-16)28-18-9-11-19(12-10-18)29-25(33)17-8-13-21(27)20(26)14-17;/h3-8,13-15,18-19H,9-12H2,1-2H3,(H,29,33)(H,28,30,31);1H. The summed E-state index contributed by atoms with van der Waals surface area (Å²) in [6.07, 6.45) is 3.49. The van der Waals surface area contributed by atoms with E-state index in [-0.39, 0.29) is 35.4 Å². The maximum Gasteiger partial charge on any atom is 0.251 e. The molecule has 180 valence electrons. The van der Waals surface area contributed by atoms with Gasteiger partial charge in [-0.25, -0.2) is 14.4 Å². The van der Waals surface area contributed by atoms with E-state index in [1.165, 1.54) is 18.2 Å². The van der Waals surface area contributed by atoms with Gasteiger partial charge in [0.1, 0.15) is 17.5 Å². The molecule has 3 aromatic rings. The van der Waals surface area contributed by atoms with E-state index >= 15 is 0 Å². The van der Waals surface area contributed by atoms with Crippen molar-refractivity contribution < 1.29 is 9.18 Å². The van der Waals surface area contributed by atoms with E-state index in [1.54, 1.807) is 0 Å². The highest BCUT2D eigenvalue weighted by Gasteiger charge is 2.24. The lowest BCUT2D eigenvalue weighted by Crippen LogP contribution is -2.40. The predicted molar refractivity (Wildman–Crippen MR) is 138 cm³/mol. The third kappa shape index (κ3) is 6.36. The minimum atomic E-state index is -0.530. The lowest BCUT2D eigenvalue weighted by molar-refractivity contribution is 0.0926. The highest BCUT2D eigenvalue weighted by molar-refractivity contribution is 6.31. The molecule has 1 heterocycles. The zero-order chi connectivity index (χ0) is 23.4. The first-order chi connectivity index (χ1) is 15.9. The maximum absolute atomic E-state index is 13.4. The monoisotopic (exact) mass is 503 g/mol. The van der Waals surface area contributed by atoms with Crippen LogP contribution in [0.3, 0.4) is 0 Å². The molecule has 0 bridgehead atoms. The Morgan fingerprint density at radius 2 is 1.68 bits per heavy atom. The van der Waals surface area contributed by atoms with E-state index in [1.807, 2.05) is 55.4 Å². The fourth-order valence-electron chi connectivity index (χ4n) is 3.95. The van der Waals surface area contributed by atoms with Gasteiger partial charge >= 0.3 is 0 Å². The number of halogens is 3. The third-order valence-corrected chi connectivity index (χ3v) is 6.09. The van der Waals surface area contributed by atoms with Crippen LogP contribution in [0.5, 0.6) is 0 Å². The average Bonchev–Trinajstić information content (AvgIpc) is 2.82. The maximum atomic E-state index is 13.4. The molecule has 0 spiro atoms. The third-order valence-electron chi connectivity index (χ3n) is 5.80. The first-order valence-electron chi connectivity index (χ1n) is 11.0. The number of amides is 1. The van der Waals surface area contributed by atoms with Crippen LogP contribution in [0.2, 0.25) is 5.02 Å². The second kappa shape index (κ2) is 11.5. The van der Waals surface area contributed by atoms with Crippen molar-refractivity contribution in [2.24, 2.45) is 0 Å². The quantitative estimate of drug-likeness (QED) is 0.459. The van der Waals surface area contributed by atoms with Gasteiger partial charge in [0.05, 0.1) is 5.02 Å². The van der Waals surface area contributed by atoms with E-state index in [0.29, 0.717) is 11.4 Å². The fraction of sp³-hybridized carbons (Fsp3) is 0.320. The van der Waals surface area contributed by atoms with Crippen molar-refractivity contribution in [3.63, 3.8) is 0 Å². The minimum Gasteiger partial charge on any atom is -0.367 e. The van der Waals surface area contributed by atoms with Crippen LogP contribution in [0.1, 0.15) is 36.0 Å². The molecule has 4 rings (SSSR count). The molecule has 0 radical (unpaired) electrons. The van der Waals surface area contributed by atoms with Crippen LogP contribution >= 0.6 is 24.0 Å². The number of hydrogen-bond donors (Lipinski definition) is 2. The molecule has 0 unspecified atom stereocenters. The van der Waals surface area contributed by atoms with Gasteiger partial charge in [-0.1, -0.05) is 41.9 Å². The Morgan fingerprint density at radius 1 is 1.00 bits per heavy atom. The summed E-state index contributed by atoms with van der Waals surface area (Å²) in [6.45, 7) is 0. The van der Waals surface area contributed by atoms with Crippen molar-refractivity contribution in [3.8, 4) is 11.4 Å². The molecule has 0 aliphatic heterocycles. The average molecular weight is 504 g/mol.